The first kappa shape index (κ1) is 19.1. The Morgan fingerprint density at radius 3 is 2.30 bits per heavy atom. The Morgan fingerprint density at radius 2 is 1.59 bits per heavy atom. The van der Waals surface area contributed by atoms with E-state index in [-0.39, 0.29) is 30.6 Å². The normalized spacial score (nSPS) is 20.1. The maximum Gasteiger partial charge on any atom is 0.257 e. The average molecular weight is 367 g/mol. The van der Waals surface area contributed by atoms with Crippen LogP contribution in [0.25, 0.3) is 0 Å². The van der Waals surface area contributed by atoms with Gasteiger partial charge < -0.3 is 15.4 Å². The van der Waals surface area contributed by atoms with Gasteiger partial charge in [0.2, 0.25) is 5.91 Å². The third kappa shape index (κ3) is 5.39. The molecule has 3 rings (SSSR count). The topological polar surface area (TPSA) is 70.7 Å². The van der Waals surface area contributed by atoms with Crippen LogP contribution in [-0.2, 0) is 9.53 Å². The molecule has 6 nitrogen and oxygen atoms in total. The molecule has 27 heavy (non-hydrogen) atoms. The van der Waals surface area contributed by atoms with Crippen molar-refractivity contribution in [2.45, 2.75) is 26.1 Å². The summed E-state index contributed by atoms with van der Waals surface area (Å²) < 4.78 is 5.70. The minimum absolute atomic E-state index is 0.102. The van der Waals surface area contributed by atoms with Crippen LogP contribution in [0.4, 0.5) is 11.4 Å². The lowest BCUT2D eigenvalue weighted by Crippen LogP contribution is -2.48. The quantitative estimate of drug-likeness (QED) is 0.852. The summed E-state index contributed by atoms with van der Waals surface area (Å²) in [5, 5.41) is 5.72. The van der Waals surface area contributed by atoms with E-state index in [1.54, 1.807) is 24.3 Å². The Bertz CT molecular complexity index is 784. The zero-order valence-electron chi connectivity index (χ0n) is 15.6. The molecular formula is C21H25N3O3. The Hall–Kier alpha value is -2.70. The summed E-state index contributed by atoms with van der Waals surface area (Å²) in [5.41, 5.74) is 1.64. The summed E-state index contributed by atoms with van der Waals surface area (Å²) in [6.07, 6.45) is 0.205. The van der Waals surface area contributed by atoms with E-state index in [0.717, 1.165) is 0 Å². The second-order valence-corrected chi connectivity index (χ2v) is 6.87. The van der Waals surface area contributed by atoms with Gasteiger partial charge in [-0.3, -0.25) is 14.5 Å². The highest BCUT2D eigenvalue weighted by Crippen LogP contribution is 2.18. The van der Waals surface area contributed by atoms with E-state index in [1.165, 1.54) is 0 Å². The number of para-hydroxylation sites is 2. The number of nitrogens with one attached hydrogen (secondary N) is 2. The van der Waals surface area contributed by atoms with E-state index < -0.39 is 0 Å². The number of carbonyl (C=O) groups excluding carboxylic acids is 2. The molecule has 1 aliphatic heterocycles. The van der Waals surface area contributed by atoms with Gasteiger partial charge in [0.05, 0.1) is 30.0 Å². The zero-order chi connectivity index (χ0) is 19.2. The van der Waals surface area contributed by atoms with Crippen molar-refractivity contribution in [2.24, 2.45) is 0 Å². The molecule has 0 unspecified atom stereocenters. The van der Waals surface area contributed by atoms with Crippen LogP contribution < -0.4 is 10.6 Å². The van der Waals surface area contributed by atoms with Crippen molar-refractivity contribution in [1.29, 1.82) is 0 Å². The molecule has 0 bridgehead atoms. The van der Waals surface area contributed by atoms with Gasteiger partial charge in [0.25, 0.3) is 5.91 Å². The summed E-state index contributed by atoms with van der Waals surface area (Å²) in [7, 11) is 0. The third-order valence-electron chi connectivity index (χ3n) is 4.34. The van der Waals surface area contributed by atoms with E-state index in [9.17, 15) is 9.59 Å². The SMILES string of the molecule is C[C@@H]1CN(CC(=O)Nc2ccccc2C(=O)Nc2ccccc2)C[C@H](C)O1. The number of morpholine rings is 1. The van der Waals surface area contributed by atoms with Crippen LogP contribution in [0.2, 0.25) is 0 Å². The van der Waals surface area contributed by atoms with Crippen LogP contribution in [0, 0.1) is 0 Å². The second-order valence-electron chi connectivity index (χ2n) is 6.87. The Labute approximate surface area is 159 Å². The highest BCUT2D eigenvalue weighted by molar-refractivity contribution is 6.10. The fraction of sp³-hybridized carbons (Fsp3) is 0.333. The van der Waals surface area contributed by atoms with E-state index >= 15 is 0 Å². The number of ether oxygens (including phenoxy) is 1. The minimum Gasteiger partial charge on any atom is -0.373 e. The molecule has 1 saturated heterocycles. The van der Waals surface area contributed by atoms with E-state index in [2.05, 4.69) is 15.5 Å². The molecular weight excluding hydrogens is 342 g/mol. The molecule has 2 atom stereocenters. The first-order valence-corrected chi connectivity index (χ1v) is 9.14. The Balaban J connectivity index is 1.65. The van der Waals surface area contributed by atoms with E-state index in [1.807, 2.05) is 44.2 Å². The molecule has 1 fully saturated rings. The molecule has 2 aromatic rings. The summed E-state index contributed by atoms with van der Waals surface area (Å²) in [5.74, 6) is -0.401. The minimum atomic E-state index is -0.259. The fourth-order valence-corrected chi connectivity index (χ4v) is 3.32. The van der Waals surface area contributed by atoms with Gasteiger partial charge >= 0.3 is 0 Å². The monoisotopic (exact) mass is 367 g/mol. The molecule has 2 aromatic carbocycles. The number of carbonyl (C=O) groups is 2. The summed E-state index contributed by atoms with van der Waals surface area (Å²) in [4.78, 5) is 27.2. The molecule has 0 aliphatic carbocycles. The van der Waals surface area contributed by atoms with Gasteiger partial charge in [-0.1, -0.05) is 30.3 Å². The van der Waals surface area contributed by atoms with E-state index in [4.69, 9.17) is 4.74 Å². The molecule has 1 heterocycles. The largest absolute Gasteiger partial charge is 0.373 e. The molecule has 6 heteroatoms. The molecule has 1 aliphatic rings. The molecule has 0 aromatic heterocycles. The van der Waals surface area contributed by atoms with Crippen LogP contribution in [0.5, 0.6) is 0 Å². The summed E-state index contributed by atoms with van der Waals surface area (Å²) in [6.45, 7) is 5.71. The molecule has 0 saturated carbocycles. The number of amides is 2. The zero-order valence-corrected chi connectivity index (χ0v) is 15.6. The molecule has 142 valence electrons. The molecule has 0 radical (unpaired) electrons. The van der Waals surface area contributed by atoms with E-state index in [0.29, 0.717) is 30.0 Å². The van der Waals surface area contributed by atoms with Crippen molar-refractivity contribution in [2.75, 3.05) is 30.3 Å². The van der Waals surface area contributed by atoms with Crippen molar-refractivity contribution in [3.05, 3.63) is 60.2 Å². The van der Waals surface area contributed by atoms with Gasteiger partial charge in [-0.25, -0.2) is 0 Å². The summed E-state index contributed by atoms with van der Waals surface area (Å²) >= 11 is 0. The van der Waals surface area contributed by atoms with Crippen molar-refractivity contribution in [1.82, 2.24) is 4.90 Å². The lowest BCUT2D eigenvalue weighted by Gasteiger charge is -2.34. The number of hydrogen-bond donors (Lipinski definition) is 2. The van der Waals surface area contributed by atoms with Crippen molar-refractivity contribution < 1.29 is 14.3 Å². The smallest absolute Gasteiger partial charge is 0.257 e. The van der Waals surface area contributed by atoms with Crippen LogP contribution in [0.1, 0.15) is 24.2 Å². The first-order valence-electron chi connectivity index (χ1n) is 9.14. The fourth-order valence-electron chi connectivity index (χ4n) is 3.32. The molecule has 2 amide bonds. The van der Waals surface area contributed by atoms with Gasteiger partial charge in [0.15, 0.2) is 0 Å². The Morgan fingerprint density at radius 1 is 0.963 bits per heavy atom. The number of rotatable bonds is 5. The standard InChI is InChI=1S/C21H25N3O3/c1-15-12-24(13-16(2)27-15)14-20(25)23-19-11-7-6-10-18(19)21(26)22-17-8-4-3-5-9-17/h3-11,15-16H,12-14H2,1-2H3,(H,22,26)(H,23,25)/t15-,16+. The maximum absolute atomic E-state index is 12.6. The van der Waals surface area contributed by atoms with Crippen LogP contribution in [-0.4, -0.2) is 48.6 Å². The highest BCUT2D eigenvalue weighted by Gasteiger charge is 2.24. The summed E-state index contributed by atoms with van der Waals surface area (Å²) in [6, 6.07) is 16.3. The number of hydrogen-bond acceptors (Lipinski definition) is 4. The number of nitrogens with zero attached hydrogens (tertiary/aromatic N) is 1. The lowest BCUT2D eigenvalue weighted by molar-refractivity contribution is -0.121. The Kier molecular flexibility index (Phi) is 6.21. The number of anilines is 2. The van der Waals surface area contributed by atoms with Crippen LogP contribution in [0.3, 0.4) is 0 Å². The molecule has 2 N–H and O–H groups in total. The average Bonchev–Trinajstić information content (AvgIpc) is 2.62. The van der Waals surface area contributed by atoms with Gasteiger partial charge in [-0.2, -0.15) is 0 Å². The molecule has 0 spiro atoms. The predicted molar refractivity (Wildman–Crippen MR) is 106 cm³/mol. The predicted octanol–water partition coefficient (Wildman–Crippen LogP) is 2.99. The van der Waals surface area contributed by atoms with Crippen molar-refractivity contribution in [3.63, 3.8) is 0 Å². The van der Waals surface area contributed by atoms with Gasteiger partial charge in [0, 0.05) is 18.8 Å². The highest BCUT2D eigenvalue weighted by atomic mass is 16.5. The van der Waals surface area contributed by atoms with Crippen LogP contribution in [0.15, 0.2) is 54.6 Å². The lowest BCUT2D eigenvalue weighted by atomic mass is 10.1. The van der Waals surface area contributed by atoms with Gasteiger partial charge in [-0.15, -0.1) is 0 Å². The van der Waals surface area contributed by atoms with Crippen LogP contribution >= 0.6 is 0 Å². The van der Waals surface area contributed by atoms with Crippen molar-refractivity contribution in [3.8, 4) is 0 Å². The van der Waals surface area contributed by atoms with Gasteiger partial charge in [0.1, 0.15) is 0 Å². The van der Waals surface area contributed by atoms with Gasteiger partial charge in [-0.05, 0) is 38.1 Å². The number of benzene rings is 2. The second kappa shape index (κ2) is 8.79. The third-order valence-corrected chi connectivity index (χ3v) is 4.34. The maximum atomic E-state index is 12.6. The first-order chi connectivity index (χ1) is 13.0. The van der Waals surface area contributed by atoms with Crippen molar-refractivity contribution >= 4 is 23.2 Å².